The van der Waals surface area contributed by atoms with Crippen molar-refractivity contribution in [1.29, 1.82) is 0 Å². The van der Waals surface area contributed by atoms with E-state index in [1.807, 2.05) is 0 Å². The summed E-state index contributed by atoms with van der Waals surface area (Å²) in [6.45, 7) is 0. The van der Waals surface area contributed by atoms with E-state index in [1.165, 1.54) is 36.4 Å². The zero-order valence-corrected chi connectivity index (χ0v) is 13.7. The zero-order chi connectivity index (χ0) is 20.1. The number of rotatable bonds is 2. The van der Waals surface area contributed by atoms with Crippen molar-refractivity contribution in [3.63, 3.8) is 0 Å². The Morgan fingerprint density at radius 2 is 0.889 bits per heavy atom. The molecule has 3 rings (SSSR count). The third-order valence-corrected chi connectivity index (χ3v) is 3.41. The summed E-state index contributed by atoms with van der Waals surface area (Å²) in [5.74, 6) is -3.12. The van der Waals surface area contributed by atoms with E-state index in [4.69, 9.17) is 15.3 Å². The van der Waals surface area contributed by atoms with E-state index in [9.17, 15) is 25.2 Å². The molecule has 0 atom stereocenters. The summed E-state index contributed by atoms with van der Waals surface area (Å²) in [5, 5.41) is 63.8. The van der Waals surface area contributed by atoms with Gasteiger partial charge in [-0.25, -0.2) is 0 Å². The van der Waals surface area contributed by atoms with Crippen molar-refractivity contribution in [3.05, 3.63) is 65.7 Å². The van der Waals surface area contributed by atoms with Crippen LogP contribution in [0.2, 0.25) is 0 Å². The zero-order valence-electron chi connectivity index (χ0n) is 13.7. The number of benzene rings is 3. The number of phenols is 7. The lowest BCUT2D eigenvalue weighted by Crippen LogP contribution is -2.02. The van der Waals surface area contributed by atoms with E-state index in [1.54, 1.807) is 0 Å². The van der Waals surface area contributed by atoms with Gasteiger partial charge in [0.25, 0.3) is 0 Å². The summed E-state index contributed by atoms with van der Waals surface area (Å²) in [6.07, 6.45) is 0. The lowest BCUT2D eigenvalue weighted by Gasteiger charge is -2.07. The molecule has 7 N–H and O–H groups in total. The Labute approximate surface area is 153 Å². The van der Waals surface area contributed by atoms with Gasteiger partial charge in [0.1, 0.15) is 17.2 Å². The maximum Gasteiger partial charge on any atom is 0.200 e. The second kappa shape index (κ2) is 7.87. The first kappa shape index (κ1) is 19.3. The van der Waals surface area contributed by atoms with Gasteiger partial charge in [-0.1, -0.05) is 12.1 Å². The Morgan fingerprint density at radius 1 is 0.556 bits per heavy atom. The van der Waals surface area contributed by atoms with Crippen molar-refractivity contribution in [1.82, 2.24) is 0 Å². The van der Waals surface area contributed by atoms with Gasteiger partial charge in [0.15, 0.2) is 23.0 Å². The molecule has 0 fully saturated rings. The largest absolute Gasteiger partial charge is 0.508 e. The molecule has 3 aromatic rings. The normalized spacial score (nSPS) is 9.93. The summed E-state index contributed by atoms with van der Waals surface area (Å²) in [5.41, 5.74) is -0.313. The third kappa shape index (κ3) is 4.51. The van der Waals surface area contributed by atoms with Crippen LogP contribution in [0, 0.1) is 0 Å². The van der Waals surface area contributed by atoms with Crippen LogP contribution in [0.15, 0.2) is 54.6 Å². The number of aromatic hydroxyl groups is 7. The van der Waals surface area contributed by atoms with Gasteiger partial charge in [-0.05, 0) is 24.3 Å². The fraction of sp³-hybridized carbons (Fsp3) is 0. The maximum atomic E-state index is 12.1. The Morgan fingerprint density at radius 3 is 1.22 bits per heavy atom. The number of hydrogen-bond acceptors (Lipinski definition) is 8. The molecule has 0 amide bonds. The molecule has 0 aromatic heterocycles. The van der Waals surface area contributed by atoms with Gasteiger partial charge in [-0.2, -0.15) is 0 Å². The van der Waals surface area contributed by atoms with Gasteiger partial charge < -0.3 is 35.7 Å². The molecule has 0 aliphatic carbocycles. The first-order valence-electron chi connectivity index (χ1n) is 7.49. The number of hydrogen-bond donors (Lipinski definition) is 7. The van der Waals surface area contributed by atoms with Crippen molar-refractivity contribution >= 4 is 5.78 Å². The van der Waals surface area contributed by atoms with Gasteiger partial charge in [0.2, 0.25) is 5.78 Å². The van der Waals surface area contributed by atoms with E-state index >= 15 is 0 Å². The SMILES string of the molecule is O=C(c1cccc(O)c1O)c1cccc(O)c1O.Oc1cc(O)cc(O)c1. The fourth-order valence-electron chi connectivity index (χ4n) is 2.15. The van der Waals surface area contributed by atoms with Crippen LogP contribution < -0.4 is 0 Å². The predicted octanol–water partition coefficient (Wildman–Crippen LogP) is 2.54. The van der Waals surface area contributed by atoms with Gasteiger partial charge in [0.05, 0.1) is 11.1 Å². The van der Waals surface area contributed by atoms with Crippen LogP contribution >= 0.6 is 0 Å². The average molecular weight is 372 g/mol. The summed E-state index contributed by atoms with van der Waals surface area (Å²) in [6, 6.07) is 11.3. The fourth-order valence-corrected chi connectivity index (χ4v) is 2.15. The number of carbonyl (C=O) groups excluding carboxylic acids is 1. The topological polar surface area (TPSA) is 159 Å². The molecule has 0 aliphatic rings. The lowest BCUT2D eigenvalue weighted by atomic mass is 10.0. The smallest absolute Gasteiger partial charge is 0.200 e. The van der Waals surface area contributed by atoms with Crippen LogP contribution in [0.1, 0.15) is 15.9 Å². The van der Waals surface area contributed by atoms with Crippen LogP contribution in [0.3, 0.4) is 0 Å². The molecule has 0 radical (unpaired) electrons. The first-order valence-corrected chi connectivity index (χ1v) is 7.49. The van der Waals surface area contributed by atoms with E-state index in [2.05, 4.69) is 0 Å². The molecule has 0 spiro atoms. The number of para-hydroxylation sites is 2. The standard InChI is InChI=1S/C13H10O5.C6H6O3/c14-9-5-1-3-7(12(9)17)11(16)8-4-2-6-10(15)13(8)18;7-4-1-5(8)3-6(9)2-4/h1-6,14-15,17-18H;1-3,7-9H. The quantitative estimate of drug-likeness (QED) is 0.267. The van der Waals surface area contributed by atoms with E-state index in [-0.39, 0.29) is 28.4 Å². The number of ketones is 1. The second-order valence-corrected chi connectivity index (χ2v) is 5.38. The molecular weight excluding hydrogens is 356 g/mol. The molecule has 0 aliphatic heterocycles. The predicted molar refractivity (Wildman–Crippen MR) is 94.4 cm³/mol. The molecule has 8 heteroatoms. The molecule has 0 bridgehead atoms. The lowest BCUT2D eigenvalue weighted by molar-refractivity contribution is 0.103. The Bertz CT molecular complexity index is 877. The summed E-state index contributed by atoms with van der Waals surface area (Å²) < 4.78 is 0. The molecule has 3 aromatic carbocycles. The van der Waals surface area contributed by atoms with Gasteiger partial charge >= 0.3 is 0 Å². The Balaban J connectivity index is 0.000000244. The Hall–Kier alpha value is -4.07. The Kier molecular flexibility index (Phi) is 5.62. The van der Waals surface area contributed by atoms with Gasteiger partial charge in [-0.15, -0.1) is 0 Å². The van der Waals surface area contributed by atoms with Gasteiger partial charge in [0, 0.05) is 18.2 Å². The highest BCUT2D eigenvalue weighted by atomic mass is 16.3. The van der Waals surface area contributed by atoms with Crippen LogP contribution in [0.5, 0.6) is 40.2 Å². The molecule has 0 saturated heterocycles. The molecule has 27 heavy (non-hydrogen) atoms. The molecule has 140 valence electrons. The van der Waals surface area contributed by atoms with Crippen LogP contribution in [-0.2, 0) is 0 Å². The highest BCUT2D eigenvalue weighted by Gasteiger charge is 2.20. The van der Waals surface area contributed by atoms with E-state index < -0.39 is 28.8 Å². The molecule has 8 nitrogen and oxygen atoms in total. The molecular formula is C19H16O8. The second-order valence-electron chi connectivity index (χ2n) is 5.38. The van der Waals surface area contributed by atoms with Crippen molar-refractivity contribution < 1.29 is 40.5 Å². The highest BCUT2D eigenvalue weighted by Crippen LogP contribution is 2.34. The van der Waals surface area contributed by atoms with Crippen molar-refractivity contribution in [3.8, 4) is 40.2 Å². The van der Waals surface area contributed by atoms with Crippen LogP contribution in [0.4, 0.5) is 0 Å². The van der Waals surface area contributed by atoms with Gasteiger partial charge in [-0.3, -0.25) is 4.79 Å². The van der Waals surface area contributed by atoms with Crippen molar-refractivity contribution in [2.24, 2.45) is 0 Å². The van der Waals surface area contributed by atoms with Crippen LogP contribution in [-0.4, -0.2) is 41.5 Å². The third-order valence-electron chi connectivity index (χ3n) is 3.41. The minimum absolute atomic E-state index is 0.146. The summed E-state index contributed by atoms with van der Waals surface area (Å²) >= 11 is 0. The molecule has 0 heterocycles. The minimum Gasteiger partial charge on any atom is -0.508 e. The summed E-state index contributed by atoms with van der Waals surface area (Å²) in [4.78, 5) is 12.1. The summed E-state index contributed by atoms with van der Waals surface area (Å²) in [7, 11) is 0. The molecule has 0 saturated carbocycles. The van der Waals surface area contributed by atoms with Crippen molar-refractivity contribution in [2.75, 3.05) is 0 Å². The number of phenolic OH excluding ortho intramolecular Hbond substituents is 7. The van der Waals surface area contributed by atoms with Crippen molar-refractivity contribution in [2.45, 2.75) is 0 Å². The van der Waals surface area contributed by atoms with Crippen LogP contribution in [0.25, 0.3) is 0 Å². The van der Waals surface area contributed by atoms with E-state index in [0.29, 0.717) is 0 Å². The average Bonchev–Trinajstić information content (AvgIpc) is 2.58. The number of carbonyl (C=O) groups is 1. The first-order chi connectivity index (χ1) is 12.7. The molecule has 0 unspecified atom stereocenters. The maximum absolute atomic E-state index is 12.1. The highest BCUT2D eigenvalue weighted by molar-refractivity contribution is 6.12. The monoisotopic (exact) mass is 372 g/mol. The minimum atomic E-state index is -0.697. The van der Waals surface area contributed by atoms with E-state index in [0.717, 1.165) is 18.2 Å².